The molecule has 0 saturated heterocycles. The molecule has 0 bridgehead atoms. The third-order valence-electron chi connectivity index (χ3n) is 3.67. The highest BCUT2D eigenvalue weighted by atomic mass is 35.5. The SMILES string of the molecule is COC(=O)c1cnn(-c2ccc(Cl)cc2)c1/C=N/NC(=S)Nc1ccccc1. The first-order valence-electron chi connectivity index (χ1n) is 8.16. The Balaban J connectivity index is 1.81. The molecule has 3 aromatic rings. The highest BCUT2D eigenvalue weighted by Crippen LogP contribution is 2.17. The van der Waals surface area contributed by atoms with Gasteiger partial charge in [-0.05, 0) is 48.6 Å². The molecule has 2 N–H and O–H groups in total. The number of esters is 1. The van der Waals surface area contributed by atoms with E-state index in [1.807, 2.05) is 30.3 Å². The zero-order valence-corrected chi connectivity index (χ0v) is 16.4. The predicted octanol–water partition coefficient (Wildman–Crippen LogP) is 3.63. The highest BCUT2D eigenvalue weighted by molar-refractivity contribution is 7.80. The molecule has 142 valence electrons. The fourth-order valence-corrected chi connectivity index (χ4v) is 2.67. The second-order valence-corrected chi connectivity index (χ2v) is 6.36. The lowest BCUT2D eigenvalue weighted by Crippen LogP contribution is -2.24. The van der Waals surface area contributed by atoms with Gasteiger partial charge in [-0.15, -0.1) is 0 Å². The van der Waals surface area contributed by atoms with Crippen molar-refractivity contribution in [3.05, 3.63) is 77.1 Å². The molecule has 0 fully saturated rings. The van der Waals surface area contributed by atoms with E-state index in [0.717, 1.165) is 5.69 Å². The number of nitrogens with one attached hydrogen (secondary N) is 2. The van der Waals surface area contributed by atoms with Gasteiger partial charge in [0.25, 0.3) is 0 Å². The van der Waals surface area contributed by atoms with E-state index in [-0.39, 0.29) is 5.56 Å². The van der Waals surface area contributed by atoms with Gasteiger partial charge in [0.2, 0.25) is 0 Å². The number of carbonyl (C=O) groups is 1. The number of nitrogens with zero attached hydrogens (tertiary/aromatic N) is 3. The van der Waals surface area contributed by atoms with Crippen LogP contribution in [0, 0.1) is 0 Å². The topological polar surface area (TPSA) is 80.5 Å². The van der Waals surface area contributed by atoms with Crippen LogP contribution in [0.4, 0.5) is 5.69 Å². The Morgan fingerprint density at radius 3 is 2.61 bits per heavy atom. The maximum Gasteiger partial charge on any atom is 0.341 e. The summed E-state index contributed by atoms with van der Waals surface area (Å²) in [7, 11) is 1.31. The van der Waals surface area contributed by atoms with E-state index < -0.39 is 5.97 Å². The van der Waals surface area contributed by atoms with E-state index in [2.05, 4.69) is 20.9 Å². The fraction of sp³-hybridized carbons (Fsp3) is 0.0526. The molecule has 0 unspecified atom stereocenters. The molecule has 1 heterocycles. The fourth-order valence-electron chi connectivity index (χ4n) is 2.37. The van der Waals surface area contributed by atoms with Crippen molar-refractivity contribution in [3.63, 3.8) is 0 Å². The second-order valence-electron chi connectivity index (χ2n) is 5.51. The molecule has 7 nitrogen and oxygen atoms in total. The van der Waals surface area contributed by atoms with Gasteiger partial charge in [0.1, 0.15) is 11.3 Å². The van der Waals surface area contributed by atoms with Crippen molar-refractivity contribution in [1.82, 2.24) is 15.2 Å². The number of thiocarbonyl (C=S) groups is 1. The molecule has 2 aromatic carbocycles. The highest BCUT2D eigenvalue weighted by Gasteiger charge is 2.17. The van der Waals surface area contributed by atoms with Gasteiger partial charge >= 0.3 is 5.97 Å². The monoisotopic (exact) mass is 413 g/mol. The Hall–Kier alpha value is -3.23. The van der Waals surface area contributed by atoms with Crippen molar-refractivity contribution < 1.29 is 9.53 Å². The van der Waals surface area contributed by atoms with Gasteiger partial charge in [0.05, 0.1) is 25.2 Å². The number of hydrogen-bond acceptors (Lipinski definition) is 5. The maximum atomic E-state index is 12.1. The van der Waals surface area contributed by atoms with Gasteiger partial charge < -0.3 is 10.1 Å². The number of para-hydroxylation sites is 1. The summed E-state index contributed by atoms with van der Waals surface area (Å²) in [6, 6.07) is 16.5. The van der Waals surface area contributed by atoms with E-state index in [9.17, 15) is 4.79 Å². The molecule has 0 atom stereocenters. The Morgan fingerprint density at radius 2 is 1.93 bits per heavy atom. The summed E-state index contributed by atoms with van der Waals surface area (Å²) in [5.74, 6) is -0.522. The van der Waals surface area contributed by atoms with Crippen molar-refractivity contribution in [2.75, 3.05) is 12.4 Å². The largest absolute Gasteiger partial charge is 0.465 e. The zero-order chi connectivity index (χ0) is 19.9. The van der Waals surface area contributed by atoms with Crippen LogP contribution in [0.15, 0.2) is 65.9 Å². The number of ether oxygens (including phenoxy) is 1. The molecule has 0 amide bonds. The summed E-state index contributed by atoms with van der Waals surface area (Å²) in [6.07, 6.45) is 2.87. The molecule has 0 aliphatic rings. The van der Waals surface area contributed by atoms with Crippen molar-refractivity contribution in [1.29, 1.82) is 0 Å². The quantitative estimate of drug-likeness (QED) is 0.288. The normalized spacial score (nSPS) is 10.6. The number of benzene rings is 2. The first-order valence-corrected chi connectivity index (χ1v) is 8.94. The number of hydrazone groups is 1. The van der Waals surface area contributed by atoms with Crippen LogP contribution in [-0.2, 0) is 4.74 Å². The summed E-state index contributed by atoms with van der Waals surface area (Å²) < 4.78 is 6.38. The van der Waals surface area contributed by atoms with Crippen LogP contribution in [0.25, 0.3) is 5.69 Å². The summed E-state index contributed by atoms with van der Waals surface area (Å²) in [5, 5.41) is 12.3. The lowest BCUT2D eigenvalue weighted by Gasteiger charge is -2.08. The molecule has 0 spiro atoms. The predicted molar refractivity (Wildman–Crippen MR) is 113 cm³/mol. The summed E-state index contributed by atoms with van der Waals surface area (Å²) in [5.41, 5.74) is 4.96. The number of aromatic nitrogens is 2. The van der Waals surface area contributed by atoms with Gasteiger partial charge in [-0.2, -0.15) is 10.2 Å². The lowest BCUT2D eigenvalue weighted by molar-refractivity contribution is 0.0600. The molecule has 9 heteroatoms. The molecule has 0 aliphatic carbocycles. The molecular formula is C19H16ClN5O2S. The van der Waals surface area contributed by atoms with Gasteiger partial charge in [0, 0.05) is 10.7 Å². The van der Waals surface area contributed by atoms with Gasteiger partial charge in [0.15, 0.2) is 5.11 Å². The van der Waals surface area contributed by atoms with Crippen LogP contribution in [0.5, 0.6) is 0 Å². The molecule has 0 aliphatic heterocycles. The summed E-state index contributed by atoms with van der Waals surface area (Å²) >= 11 is 11.2. The Labute approximate surface area is 172 Å². The van der Waals surface area contributed by atoms with Crippen LogP contribution in [0.3, 0.4) is 0 Å². The van der Waals surface area contributed by atoms with Crippen LogP contribution in [-0.4, -0.2) is 34.2 Å². The molecule has 28 heavy (non-hydrogen) atoms. The molecule has 3 rings (SSSR count). The third kappa shape index (κ3) is 4.73. The first kappa shape index (κ1) is 19.5. The van der Waals surface area contributed by atoms with Gasteiger partial charge in [-0.1, -0.05) is 29.8 Å². The van der Waals surface area contributed by atoms with Crippen LogP contribution in [0.2, 0.25) is 5.02 Å². The van der Waals surface area contributed by atoms with Crippen LogP contribution in [0.1, 0.15) is 16.1 Å². The van der Waals surface area contributed by atoms with Crippen molar-refractivity contribution in [2.24, 2.45) is 5.10 Å². The van der Waals surface area contributed by atoms with E-state index >= 15 is 0 Å². The van der Waals surface area contributed by atoms with Crippen LogP contribution < -0.4 is 10.7 Å². The number of anilines is 1. The van der Waals surface area contributed by atoms with E-state index in [0.29, 0.717) is 21.5 Å². The number of hydrogen-bond donors (Lipinski definition) is 2. The number of methoxy groups -OCH3 is 1. The van der Waals surface area contributed by atoms with E-state index in [1.54, 1.807) is 28.9 Å². The Morgan fingerprint density at radius 1 is 1.21 bits per heavy atom. The molecule has 0 saturated carbocycles. The van der Waals surface area contributed by atoms with Crippen LogP contribution >= 0.6 is 23.8 Å². The minimum absolute atomic E-state index is 0.268. The molecular weight excluding hydrogens is 398 g/mol. The smallest absolute Gasteiger partial charge is 0.341 e. The zero-order valence-electron chi connectivity index (χ0n) is 14.8. The van der Waals surface area contributed by atoms with Gasteiger partial charge in [-0.25, -0.2) is 9.48 Å². The second kappa shape index (κ2) is 9.12. The minimum atomic E-state index is -0.522. The first-order chi connectivity index (χ1) is 13.6. The third-order valence-corrected chi connectivity index (χ3v) is 4.11. The lowest BCUT2D eigenvalue weighted by atomic mass is 10.2. The average Bonchev–Trinajstić information content (AvgIpc) is 3.12. The Kier molecular flexibility index (Phi) is 6.36. The molecule has 0 radical (unpaired) electrons. The maximum absolute atomic E-state index is 12.1. The van der Waals surface area contributed by atoms with Crippen molar-refractivity contribution in [2.45, 2.75) is 0 Å². The van der Waals surface area contributed by atoms with E-state index in [1.165, 1.54) is 19.5 Å². The average molecular weight is 414 g/mol. The van der Waals surface area contributed by atoms with Crippen molar-refractivity contribution >= 4 is 46.8 Å². The Bertz CT molecular complexity index is 1000. The van der Waals surface area contributed by atoms with Crippen molar-refractivity contribution in [3.8, 4) is 5.69 Å². The van der Waals surface area contributed by atoms with E-state index in [4.69, 9.17) is 28.6 Å². The summed E-state index contributed by atoms with van der Waals surface area (Å²) in [4.78, 5) is 12.1. The standard InChI is InChI=1S/C19H16ClN5O2S/c1-27-18(26)16-11-22-25(15-9-7-13(20)8-10-15)17(16)12-21-24-19(28)23-14-5-3-2-4-6-14/h2-12H,1H3,(H2,23,24,28)/b21-12+. The minimum Gasteiger partial charge on any atom is -0.465 e. The number of rotatable bonds is 5. The summed E-state index contributed by atoms with van der Waals surface area (Å²) in [6.45, 7) is 0. The number of carbonyl (C=O) groups excluding carboxylic acids is 1. The van der Waals surface area contributed by atoms with Gasteiger partial charge in [-0.3, -0.25) is 5.43 Å². The molecule has 1 aromatic heterocycles. The number of halogens is 1.